The number of aromatic nitrogens is 5. The Morgan fingerprint density at radius 3 is 2.34 bits per heavy atom. The van der Waals surface area contributed by atoms with Crippen LogP contribution in [0.4, 0.5) is 36.4 Å². The number of hydrogen-bond donors (Lipinski definition) is 2. The highest BCUT2D eigenvalue weighted by Gasteiger charge is 2.37. The summed E-state index contributed by atoms with van der Waals surface area (Å²) in [7, 11) is 1.34. The molecule has 2 N–H and O–H groups in total. The van der Waals surface area contributed by atoms with Crippen molar-refractivity contribution in [1.29, 1.82) is 0 Å². The molecule has 0 saturated carbocycles. The van der Waals surface area contributed by atoms with Crippen molar-refractivity contribution in [2.24, 2.45) is 0 Å². The molecule has 0 fully saturated rings. The normalized spacial score (nSPS) is 13.8. The number of rotatable bonds is 8. The third-order valence-electron chi connectivity index (χ3n) is 6.18. The Morgan fingerprint density at radius 2 is 1.73 bits per heavy atom. The third-order valence-corrected chi connectivity index (χ3v) is 6.18. The Kier molecular flexibility index (Phi) is 8.15. The summed E-state index contributed by atoms with van der Waals surface area (Å²) < 4.78 is 99.9. The number of aromatic amines is 1. The molecule has 3 aromatic heterocycles. The maximum atomic E-state index is 14.9. The van der Waals surface area contributed by atoms with Gasteiger partial charge in [-0.15, -0.1) is 0 Å². The Morgan fingerprint density at radius 1 is 1.05 bits per heavy atom. The lowest BCUT2D eigenvalue weighted by molar-refractivity contribution is -0.139. The highest BCUT2D eigenvalue weighted by atomic mass is 19.4. The number of H-pyrrole nitrogens is 1. The predicted octanol–water partition coefficient (Wildman–Crippen LogP) is 4.62. The minimum atomic E-state index is -4.93. The quantitative estimate of drug-likeness (QED) is 0.290. The minimum Gasteiger partial charge on any atom is -0.381 e. The smallest absolute Gasteiger partial charge is 0.381 e. The van der Waals surface area contributed by atoms with E-state index in [2.05, 4.69) is 20.4 Å². The number of pyridine rings is 1. The molecule has 4 rings (SSSR count). The summed E-state index contributed by atoms with van der Waals surface area (Å²) in [6, 6.07) is 2.99. The molecule has 41 heavy (non-hydrogen) atoms. The number of nitrogens with one attached hydrogen (secondary N) is 2. The average molecular weight is 586 g/mol. The topological polar surface area (TPSA) is 115 Å². The molecule has 16 heteroatoms. The molecule has 9 nitrogen and oxygen atoms in total. The van der Waals surface area contributed by atoms with Crippen molar-refractivity contribution in [1.82, 2.24) is 24.7 Å². The van der Waals surface area contributed by atoms with E-state index >= 15 is 0 Å². The molecule has 218 valence electrons. The van der Waals surface area contributed by atoms with Crippen LogP contribution in [0.15, 0.2) is 52.6 Å². The molecule has 0 radical (unpaired) electrons. The van der Waals surface area contributed by atoms with Crippen LogP contribution >= 0.6 is 0 Å². The van der Waals surface area contributed by atoms with Crippen LogP contribution in [0.1, 0.15) is 24.5 Å². The van der Waals surface area contributed by atoms with Crippen LogP contribution in [-0.2, 0) is 23.6 Å². The first-order valence-corrected chi connectivity index (χ1v) is 11.9. The van der Waals surface area contributed by atoms with Gasteiger partial charge in [-0.05, 0) is 36.9 Å². The Balaban J connectivity index is 1.54. The Bertz CT molecular complexity index is 1670. The van der Waals surface area contributed by atoms with Crippen LogP contribution in [0.5, 0.6) is 0 Å². The number of methoxy groups -OCH3 is 1. The van der Waals surface area contributed by atoms with Gasteiger partial charge in [0.15, 0.2) is 5.82 Å². The molecule has 0 aliphatic rings. The summed E-state index contributed by atoms with van der Waals surface area (Å²) in [4.78, 5) is 32.0. The lowest BCUT2D eigenvalue weighted by atomic mass is 10.1. The summed E-state index contributed by atoms with van der Waals surface area (Å²) >= 11 is 0. The summed E-state index contributed by atoms with van der Waals surface area (Å²) in [5.74, 6) is -1.23. The lowest BCUT2D eigenvalue weighted by Crippen LogP contribution is -2.33. The zero-order chi connectivity index (χ0) is 30.1. The van der Waals surface area contributed by atoms with Crippen LogP contribution in [0.3, 0.4) is 0 Å². The van der Waals surface area contributed by atoms with E-state index in [-0.39, 0.29) is 35.1 Å². The minimum absolute atomic E-state index is 0.0360. The van der Waals surface area contributed by atoms with Gasteiger partial charge < -0.3 is 14.6 Å². The monoisotopic (exact) mass is 586 g/mol. The summed E-state index contributed by atoms with van der Waals surface area (Å²) in [6.45, 7) is 1.50. The molecule has 0 unspecified atom stereocenters. The highest BCUT2D eigenvalue weighted by molar-refractivity contribution is 5.86. The molecule has 1 aromatic carbocycles. The van der Waals surface area contributed by atoms with Gasteiger partial charge in [0.05, 0.1) is 41.0 Å². The molecule has 0 aliphatic heterocycles. The SMILES string of the molecule is CO[C@@H](C[C@H](C)Nc1cn[nH]c(=O)c1C(F)(F)F)Cn1ccc2cc(-c3ncc(C(F)(F)F)cn3)c(F)cc2c1=O. The van der Waals surface area contributed by atoms with Crippen molar-refractivity contribution in [2.75, 3.05) is 12.4 Å². The maximum Gasteiger partial charge on any atom is 0.423 e. The van der Waals surface area contributed by atoms with E-state index < -0.39 is 58.2 Å². The van der Waals surface area contributed by atoms with Crippen molar-refractivity contribution in [3.05, 3.63) is 80.6 Å². The average Bonchev–Trinajstić information content (AvgIpc) is 2.88. The first-order chi connectivity index (χ1) is 19.2. The number of nitrogens with zero attached hydrogens (tertiary/aromatic N) is 4. The third kappa shape index (κ3) is 6.53. The highest BCUT2D eigenvalue weighted by Crippen LogP contribution is 2.32. The number of anilines is 1. The van der Waals surface area contributed by atoms with E-state index in [9.17, 15) is 40.3 Å². The number of halogens is 7. The first-order valence-electron chi connectivity index (χ1n) is 11.9. The Labute approximate surface area is 226 Å². The second-order valence-corrected chi connectivity index (χ2v) is 9.11. The fourth-order valence-electron chi connectivity index (χ4n) is 4.21. The zero-order valence-corrected chi connectivity index (χ0v) is 21.3. The molecule has 0 spiro atoms. The number of ether oxygens (including phenoxy) is 1. The van der Waals surface area contributed by atoms with Gasteiger partial charge in [0.1, 0.15) is 11.4 Å². The van der Waals surface area contributed by atoms with Crippen molar-refractivity contribution in [2.45, 2.75) is 44.4 Å². The van der Waals surface area contributed by atoms with Crippen LogP contribution in [0, 0.1) is 5.82 Å². The van der Waals surface area contributed by atoms with E-state index in [1.54, 1.807) is 12.0 Å². The largest absolute Gasteiger partial charge is 0.423 e. The van der Waals surface area contributed by atoms with Gasteiger partial charge in [0, 0.05) is 31.7 Å². The van der Waals surface area contributed by atoms with Crippen LogP contribution < -0.4 is 16.4 Å². The molecular formula is C25H21F7N6O3. The Hall–Kier alpha value is -4.34. The van der Waals surface area contributed by atoms with Crippen LogP contribution in [0.25, 0.3) is 22.2 Å². The van der Waals surface area contributed by atoms with E-state index in [0.717, 1.165) is 12.3 Å². The van der Waals surface area contributed by atoms with Crippen molar-refractivity contribution in [3.63, 3.8) is 0 Å². The standard InChI is InChI=1S/C25H21F7N6O3/c1-12(36-19-10-35-37-22(39)20(19)25(30,31)32)5-15(41-2)11-38-4-3-13-6-17(18(26)7-16(13)23(38)40)21-33-8-14(9-34-21)24(27,28)29/h3-4,6-10,12,15H,5,11H2,1-2H3,(H2,36,37,39)/t12-,15-/m0/s1. The van der Waals surface area contributed by atoms with Gasteiger partial charge in [-0.1, -0.05) is 0 Å². The first kappa shape index (κ1) is 29.6. The van der Waals surface area contributed by atoms with Gasteiger partial charge in [0.2, 0.25) is 0 Å². The maximum absolute atomic E-state index is 14.9. The number of benzene rings is 1. The summed E-state index contributed by atoms with van der Waals surface area (Å²) in [5.41, 5.74) is -5.26. The second-order valence-electron chi connectivity index (χ2n) is 9.11. The number of fused-ring (bicyclic) bond motifs is 1. The van der Waals surface area contributed by atoms with E-state index in [1.807, 2.05) is 0 Å². The molecule has 0 bridgehead atoms. The summed E-state index contributed by atoms with van der Waals surface area (Å²) in [5, 5.41) is 7.99. The van der Waals surface area contributed by atoms with Gasteiger partial charge in [0.25, 0.3) is 11.1 Å². The molecule has 0 amide bonds. The molecule has 0 saturated heterocycles. The van der Waals surface area contributed by atoms with Crippen molar-refractivity contribution < 1.29 is 35.5 Å². The second kappa shape index (κ2) is 11.3. The van der Waals surface area contributed by atoms with Crippen LogP contribution in [0.2, 0.25) is 0 Å². The number of alkyl halides is 6. The van der Waals surface area contributed by atoms with Crippen LogP contribution in [-0.4, -0.2) is 44.0 Å². The molecule has 0 aliphatic carbocycles. The van der Waals surface area contributed by atoms with Crippen molar-refractivity contribution in [3.8, 4) is 11.4 Å². The van der Waals surface area contributed by atoms with Gasteiger partial charge >= 0.3 is 12.4 Å². The van der Waals surface area contributed by atoms with E-state index in [4.69, 9.17) is 4.74 Å². The predicted molar refractivity (Wildman–Crippen MR) is 133 cm³/mol. The van der Waals surface area contributed by atoms with E-state index in [0.29, 0.717) is 12.4 Å². The fourth-order valence-corrected chi connectivity index (χ4v) is 4.21. The molecular weight excluding hydrogens is 565 g/mol. The fraction of sp³-hybridized carbons (Fsp3) is 0.320. The number of hydrogen-bond acceptors (Lipinski definition) is 7. The molecule has 3 heterocycles. The van der Waals surface area contributed by atoms with E-state index in [1.165, 1.54) is 30.0 Å². The summed E-state index contributed by atoms with van der Waals surface area (Å²) in [6.07, 6.45) is -6.89. The zero-order valence-electron chi connectivity index (χ0n) is 21.3. The van der Waals surface area contributed by atoms with Gasteiger partial charge in [-0.25, -0.2) is 19.5 Å². The molecule has 2 atom stereocenters. The molecule has 4 aromatic rings. The lowest BCUT2D eigenvalue weighted by Gasteiger charge is -2.23. The van der Waals surface area contributed by atoms with Gasteiger partial charge in [-0.3, -0.25) is 9.59 Å². The van der Waals surface area contributed by atoms with Crippen molar-refractivity contribution >= 4 is 16.5 Å². The van der Waals surface area contributed by atoms with Gasteiger partial charge in [-0.2, -0.15) is 31.4 Å².